The summed E-state index contributed by atoms with van der Waals surface area (Å²) >= 11 is 0. The van der Waals surface area contributed by atoms with E-state index in [0.717, 1.165) is 16.7 Å². The maximum absolute atomic E-state index is 12.4. The van der Waals surface area contributed by atoms with Gasteiger partial charge in [-0.05, 0) is 99.1 Å². The number of alkyl carbamates (subject to hydrolysis) is 1. The smallest absolute Gasteiger partial charge is 0.410 e. The van der Waals surface area contributed by atoms with Crippen LogP contribution in [0.4, 0.5) is 15.4 Å². The Morgan fingerprint density at radius 2 is 1.60 bits per heavy atom. The minimum atomic E-state index is -1.41. The summed E-state index contributed by atoms with van der Waals surface area (Å²) in [5.74, 6) is 0.753. The first-order valence-corrected chi connectivity index (χ1v) is 15.4. The highest BCUT2D eigenvalue weighted by Gasteiger charge is 2.35. The molecule has 1 aromatic carbocycles. The first kappa shape index (κ1) is 35.7. The fraction of sp³-hybridized carbons (Fsp3) is 0.636. The van der Waals surface area contributed by atoms with Crippen LogP contribution >= 0.6 is 0 Å². The quantitative estimate of drug-likeness (QED) is 0.200. The molecule has 0 unspecified atom stereocenters. The number of ether oxygens (including phenoxy) is 4. The Morgan fingerprint density at radius 3 is 2.22 bits per heavy atom. The highest BCUT2D eigenvalue weighted by molar-refractivity contribution is 5.82. The van der Waals surface area contributed by atoms with Crippen molar-refractivity contribution in [2.45, 2.75) is 91.6 Å². The van der Waals surface area contributed by atoms with Crippen molar-refractivity contribution in [1.29, 1.82) is 0 Å². The lowest BCUT2D eigenvalue weighted by atomic mass is 10.00. The fourth-order valence-corrected chi connectivity index (χ4v) is 4.52. The van der Waals surface area contributed by atoms with Crippen LogP contribution in [0.1, 0.15) is 68.7 Å². The zero-order valence-corrected chi connectivity index (χ0v) is 28.1. The monoisotopic (exact) mass is 630 g/mol. The SMILES string of the molecule is CC(C)(C)OC(=O)NCCCN(CC1CN(C(=O)OC(C)(C)C)C1)c1ccc2cc(OC[C@H](O)C(=O)OC(C)(C)C)ccc2n1. The van der Waals surface area contributed by atoms with Crippen LogP contribution in [0.3, 0.4) is 0 Å². The van der Waals surface area contributed by atoms with E-state index in [2.05, 4.69) is 10.2 Å². The first-order valence-electron chi connectivity index (χ1n) is 15.4. The summed E-state index contributed by atoms with van der Waals surface area (Å²) in [6, 6.07) is 9.22. The van der Waals surface area contributed by atoms with Crippen molar-refractivity contribution >= 4 is 34.9 Å². The molecular weight excluding hydrogens is 580 g/mol. The van der Waals surface area contributed by atoms with Gasteiger partial charge in [-0.2, -0.15) is 0 Å². The average Bonchev–Trinajstić information content (AvgIpc) is 2.86. The molecule has 3 rings (SSSR count). The molecule has 2 aromatic rings. The van der Waals surface area contributed by atoms with Crippen molar-refractivity contribution in [2.75, 3.05) is 44.2 Å². The minimum absolute atomic E-state index is 0.237. The zero-order chi connectivity index (χ0) is 33.6. The number of amides is 2. The van der Waals surface area contributed by atoms with Gasteiger partial charge in [-0.3, -0.25) is 0 Å². The van der Waals surface area contributed by atoms with E-state index in [1.807, 2.05) is 59.7 Å². The van der Waals surface area contributed by atoms with Gasteiger partial charge in [0.05, 0.1) is 5.52 Å². The van der Waals surface area contributed by atoms with E-state index in [1.54, 1.807) is 37.8 Å². The number of anilines is 1. The van der Waals surface area contributed by atoms with Gasteiger partial charge >= 0.3 is 18.2 Å². The van der Waals surface area contributed by atoms with Gasteiger partial charge in [-0.25, -0.2) is 19.4 Å². The lowest BCUT2D eigenvalue weighted by molar-refractivity contribution is -0.166. The first-order chi connectivity index (χ1) is 20.8. The summed E-state index contributed by atoms with van der Waals surface area (Å²) in [6.07, 6.45) is -1.51. The second-order valence-corrected chi connectivity index (χ2v) is 14.4. The lowest BCUT2D eigenvalue weighted by Gasteiger charge is -2.42. The number of aliphatic hydroxyl groups is 1. The minimum Gasteiger partial charge on any atom is -0.490 e. The molecule has 12 heteroatoms. The van der Waals surface area contributed by atoms with Crippen LogP contribution in [0.25, 0.3) is 10.9 Å². The van der Waals surface area contributed by atoms with E-state index in [0.29, 0.717) is 44.9 Å². The molecule has 0 saturated carbocycles. The summed E-state index contributed by atoms with van der Waals surface area (Å²) in [5.41, 5.74) is -1.08. The van der Waals surface area contributed by atoms with E-state index in [9.17, 15) is 19.5 Å². The number of nitrogens with zero attached hydrogens (tertiary/aromatic N) is 3. The zero-order valence-electron chi connectivity index (χ0n) is 28.1. The number of benzene rings is 1. The van der Waals surface area contributed by atoms with E-state index >= 15 is 0 Å². The van der Waals surface area contributed by atoms with Crippen LogP contribution < -0.4 is 15.0 Å². The molecule has 1 fully saturated rings. The number of pyridine rings is 1. The molecule has 2 N–H and O–H groups in total. The second kappa shape index (κ2) is 14.5. The number of fused-ring (bicyclic) bond motifs is 1. The lowest BCUT2D eigenvalue weighted by Crippen LogP contribution is -2.55. The second-order valence-electron chi connectivity index (χ2n) is 14.4. The van der Waals surface area contributed by atoms with Crippen molar-refractivity contribution in [1.82, 2.24) is 15.2 Å². The maximum atomic E-state index is 12.4. The molecule has 1 aliphatic heterocycles. The van der Waals surface area contributed by atoms with Gasteiger partial charge in [0.2, 0.25) is 0 Å². The fourth-order valence-electron chi connectivity index (χ4n) is 4.52. The molecule has 12 nitrogen and oxygen atoms in total. The number of aliphatic hydroxyl groups excluding tert-OH is 1. The summed E-state index contributed by atoms with van der Waals surface area (Å²) in [7, 11) is 0. The molecule has 0 aliphatic carbocycles. The predicted octanol–water partition coefficient (Wildman–Crippen LogP) is 4.90. The third-order valence-electron chi connectivity index (χ3n) is 6.42. The number of hydrogen-bond donors (Lipinski definition) is 2. The Kier molecular flexibility index (Phi) is 11.5. The number of rotatable bonds is 11. The van der Waals surface area contributed by atoms with Gasteiger partial charge in [-0.1, -0.05) is 0 Å². The van der Waals surface area contributed by atoms with Crippen molar-refractivity contribution in [3.05, 3.63) is 30.3 Å². The highest BCUT2D eigenvalue weighted by Crippen LogP contribution is 2.26. The number of esters is 1. The molecule has 1 aliphatic rings. The summed E-state index contributed by atoms with van der Waals surface area (Å²) in [4.78, 5) is 45.4. The molecule has 45 heavy (non-hydrogen) atoms. The number of aromatic nitrogens is 1. The normalized spacial score (nSPS) is 14.8. The van der Waals surface area contributed by atoms with Crippen molar-refractivity contribution < 1.29 is 38.4 Å². The van der Waals surface area contributed by atoms with Crippen LogP contribution in [0.2, 0.25) is 0 Å². The molecular formula is C33H50N4O8. The molecule has 0 spiro atoms. The maximum Gasteiger partial charge on any atom is 0.410 e. The number of nitrogens with one attached hydrogen (secondary N) is 1. The molecule has 2 amide bonds. The largest absolute Gasteiger partial charge is 0.490 e. The Bertz CT molecular complexity index is 1320. The van der Waals surface area contributed by atoms with E-state index < -0.39 is 35.0 Å². The topological polar surface area (TPSA) is 140 Å². The highest BCUT2D eigenvalue weighted by atomic mass is 16.6. The number of carbonyl (C=O) groups is 3. The molecule has 0 radical (unpaired) electrons. The van der Waals surface area contributed by atoms with Gasteiger partial charge in [-0.15, -0.1) is 0 Å². The third-order valence-corrected chi connectivity index (χ3v) is 6.42. The van der Waals surface area contributed by atoms with Gasteiger partial charge in [0.25, 0.3) is 0 Å². The van der Waals surface area contributed by atoms with Gasteiger partial charge in [0.15, 0.2) is 6.10 Å². The Balaban J connectivity index is 1.66. The standard InChI is InChI=1S/C33H50N4O8/c1-31(2,3)43-28(39)26(38)21-42-24-12-13-25-23(17-24)11-14-27(35-25)36(16-10-15-34-29(40)44-32(4,5)6)18-22-19-37(20-22)30(41)45-33(7,8)9/h11-14,17,22,26,38H,10,15-16,18-21H2,1-9H3,(H,34,40)/t26-/m0/s1. The third kappa shape index (κ3) is 12.3. The van der Waals surface area contributed by atoms with Gasteiger partial charge in [0, 0.05) is 44.0 Å². The summed E-state index contributed by atoms with van der Waals surface area (Å²) in [6.45, 7) is 18.9. The van der Waals surface area contributed by atoms with E-state index in [-0.39, 0.29) is 18.6 Å². The van der Waals surface area contributed by atoms with Crippen molar-refractivity contribution in [3.8, 4) is 5.75 Å². The molecule has 250 valence electrons. The average molecular weight is 631 g/mol. The van der Waals surface area contributed by atoms with E-state index in [4.69, 9.17) is 23.9 Å². The predicted molar refractivity (Wildman–Crippen MR) is 171 cm³/mol. The van der Waals surface area contributed by atoms with Crippen molar-refractivity contribution in [2.24, 2.45) is 5.92 Å². The number of likely N-dealkylation sites (tertiary alicyclic amines) is 1. The van der Waals surface area contributed by atoms with Crippen LogP contribution in [0.5, 0.6) is 5.75 Å². The molecule has 0 bridgehead atoms. The summed E-state index contributed by atoms with van der Waals surface area (Å²) < 4.78 is 21.7. The number of carbonyl (C=O) groups excluding carboxylic acids is 3. The molecule has 1 saturated heterocycles. The Morgan fingerprint density at radius 1 is 0.956 bits per heavy atom. The molecule has 1 atom stereocenters. The van der Waals surface area contributed by atoms with Crippen LogP contribution in [-0.2, 0) is 19.0 Å². The molecule has 1 aromatic heterocycles. The Labute approximate surface area is 266 Å². The van der Waals surface area contributed by atoms with Crippen LogP contribution in [0.15, 0.2) is 30.3 Å². The van der Waals surface area contributed by atoms with Crippen molar-refractivity contribution in [3.63, 3.8) is 0 Å². The van der Waals surface area contributed by atoms with Crippen LogP contribution in [-0.4, -0.2) is 95.4 Å². The van der Waals surface area contributed by atoms with Gasteiger partial charge in [0.1, 0.15) is 35.0 Å². The van der Waals surface area contributed by atoms with Crippen LogP contribution in [0, 0.1) is 5.92 Å². The number of hydrogen-bond acceptors (Lipinski definition) is 10. The summed E-state index contributed by atoms with van der Waals surface area (Å²) in [5, 5.41) is 13.8. The van der Waals surface area contributed by atoms with E-state index in [1.165, 1.54) is 0 Å². The molecule has 2 heterocycles. The van der Waals surface area contributed by atoms with Gasteiger partial charge < -0.3 is 39.2 Å². The Hall–Kier alpha value is -3.80.